The van der Waals surface area contributed by atoms with Gasteiger partial charge in [-0.1, -0.05) is 48.5 Å². The van der Waals surface area contributed by atoms with Crippen molar-refractivity contribution in [2.75, 3.05) is 0 Å². The molecule has 3 aromatic rings. The molecular weight excluding hydrogens is 324 g/mol. The van der Waals surface area contributed by atoms with Gasteiger partial charge in [-0.25, -0.2) is 0 Å². The zero-order valence-corrected chi connectivity index (χ0v) is 14.4. The molecule has 0 heterocycles. The lowest BCUT2D eigenvalue weighted by Gasteiger charge is -2.09. The molecule has 4 rings (SSSR count). The Morgan fingerprint density at radius 1 is 0.808 bits per heavy atom. The van der Waals surface area contributed by atoms with Gasteiger partial charge in [0.25, 0.3) is 5.91 Å². The Bertz CT molecular complexity index is 994. The molecule has 0 radical (unpaired) electrons. The molecule has 0 saturated carbocycles. The summed E-state index contributed by atoms with van der Waals surface area (Å²) in [6.07, 6.45) is 3.46. The van der Waals surface area contributed by atoms with Crippen LogP contribution in [0.3, 0.4) is 0 Å². The minimum atomic E-state index is -0.286. The molecule has 4 heteroatoms. The zero-order chi connectivity index (χ0) is 17.9. The van der Waals surface area contributed by atoms with Gasteiger partial charge < -0.3 is 0 Å². The Labute approximate surface area is 152 Å². The molecule has 0 saturated heterocycles. The molecule has 1 aliphatic carbocycles. The van der Waals surface area contributed by atoms with Crippen molar-refractivity contribution >= 4 is 22.6 Å². The Morgan fingerprint density at radius 3 is 2.50 bits per heavy atom. The number of hydrogen-bond donors (Lipinski definition) is 2. The predicted octanol–water partition coefficient (Wildman–Crippen LogP) is 3.33. The van der Waals surface area contributed by atoms with E-state index >= 15 is 0 Å². The fraction of sp³-hybridized carbons (Fsp3) is 0.182. The third-order valence-corrected chi connectivity index (χ3v) is 4.85. The monoisotopic (exact) mass is 344 g/mol. The van der Waals surface area contributed by atoms with Crippen LogP contribution in [0.5, 0.6) is 0 Å². The topological polar surface area (TPSA) is 58.2 Å². The highest BCUT2D eigenvalue weighted by Crippen LogP contribution is 2.22. The van der Waals surface area contributed by atoms with Gasteiger partial charge in [0.2, 0.25) is 5.91 Å². The van der Waals surface area contributed by atoms with Gasteiger partial charge in [-0.2, -0.15) is 0 Å². The number of aryl methyl sites for hydroxylation is 2. The maximum atomic E-state index is 12.3. The smallest absolute Gasteiger partial charge is 0.269 e. The van der Waals surface area contributed by atoms with Crippen LogP contribution in [-0.4, -0.2) is 11.8 Å². The van der Waals surface area contributed by atoms with E-state index in [2.05, 4.69) is 10.9 Å². The van der Waals surface area contributed by atoms with E-state index in [1.165, 1.54) is 11.1 Å². The maximum Gasteiger partial charge on any atom is 0.269 e. The molecule has 0 fully saturated rings. The second-order valence-corrected chi connectivity index (χ2v) is 6.70. The van der Waals surface area contributed by atoms with Crippen LogP contribution in [-0.2, 0) is 24.1 Å². The van der Waals surface area contributed by atoms with E-state index in [1.54, 1.807) is 0 Å². The summed E-state index contributed by atoms with van der Waals surface area (Å²) in [6.45, 7) is 0. The number of hydrogen-bond acceptors (Lipinski definition) is 2. The van der Waals surface area contributed by atoms with Gasteiger partial charge in [0, 0.05) is 5.56 Å². The predicted molar refractivity (Wildman–Crippen MR) is 102 cm³/mol. The van der Waals surface area contributed by atoms with Crippen molar-refractivity contribution in [3.63, 3.8) is 0 Å². The van der Waals surface area contributed by atoms with Crippen LogP contribution in [0, 0.1) is 0 Å². The van der Waals surface area contributed by atoms with Gasteiger partial charge in [-0.15, -0.1) is 0 Å². The SMILES string of the molecule is O=C(Cc1ccc2ccccc2c1)NNC(=O)c1ccc2c(c1)CCC2. The summed E-state index contributed by atoms with van der Waals surface area (Å²) in [5.74, 6) is -0.527. The van der Waals surface area contributed by atoms with Gasteiger partial charge in [-0.05, 0) is 58.9 Å². The lowest BCUT2D eigenvalue weighted by atomic mass is 10.1. The molecule has 2 N–H and O–H groups in total. The van der Waals surface area contributed by atoms with Gasteiger partial charge in [0.15, 0.2) is 0 Å². The molecule has 0 aliphatic heterocycles. The van der Waals surface area contributed by atoms with E-state index in [-0.39, 0.29) is 18.2 Å². The summed E-state index contributed by atoms with van der Waals surface area (Å²) in [6, 6.07) is 19.7. The van der Waals surface area contributed by atoms with Crippen molar-refractivity contribution in [3.8, 4) is 0 Å². The average Bonchev–Trinajstić information content (AvgIpc) is 3.14. The summed E-state index contributed by atoms with van der Waals surface area (Å²) >= 11 is 0. The zero-order valence-electron chi connectivity index (χ0n) is 14.4. The highest BCUT2D eigenvalue weighted by atomic mass is 16.2. The Balaban J connectivity index is 1.36. The van der Waals surface area contributed by atoms with Gasteiger partial charge in [0.1, 0.15) is 0 Å². The number of nitrogens with one attached hydrogen (secondary N) is 2. The fourth-order valence-corrected chi connectivity index (χ4v) is 3.49. The number of carbonyl (C=O) groups is 2. The Hall–Kier alpha value is -3.14. The Kier molecular flexibility index (Phi) is 4.40. The van der Waals surface area contributed by atoms with Crippen LogP contribution in [0.25, 0.3) is 10.8 Å². The lowest BCUT2D eigenvalue weighted by molar-refractivity contribution is -0.121. The average molecular weight is 344 g/mol. The molecule has 1 aliphatic rings. The molecule has 0 bridgehead atoms. The number of rotatable bonds is 3. The highest BCUT2D eigenvalue weighted by molar-refractivity contribution is 5.96. The molecule has 4 nitrogen and oxygen atoms in total. The lowest BCUT2D eigenvalue weighted by Crippen LogP contribution is -2.42. The number of hydrazine groups is 1. The molecule has 3 aromatic carbocycles. The largest absolute Gasteiger partial charge is 0.273 e. The summed E-state index contributed by atoms with van der Waals surface area (Å²) in [5, 5.41) is 2.24. The molecule has 26 heavy (non-hydrogen) atoms. The first-order chi connectivity index (χ1) is 12.7. The number of benzene rings is 3. The van der Waals surface area contributed by atoms with Crippen molar-refractivity contribution in [1.29, 1.82) is 0 Å². The number of fused-ring (bicyclic) bond motifs is 2. The molecular formula is C22H20N2O2. The van der Waals surface area contributed by atoms with Crippen molar-refractivity contribution in [2.45, 2.75) is 25.7 Å². The minimum Gasteiger partial charge on any atom is -0.273 e. The van der Waals surface area contributed by atoms with Gasteiger partial charge in [-0.3, -0.25) is 20.4 Å². The second-order valence-electron chi connectivity index (χ2n) is 6.70. The van der Waals surface area contributed by atoms with E-state index < -0.39 is 0 Å². The maximum absolute atomic E-state index is 12.3. The van der Waals surface area contributed by atoms with Gasteiger partial charge >= 0.3 is 0 Å². The van der Waals surface area contributed by atoms with E-state index in [0.29, 0.717) is 5.56 Å². The first kappa shape index (κ1) is 16.3. The van der Waals surface area contributed by atoms with Gasteiger partial charge in [0.05, 0.1) is 6.42 Å². The molecule has 0 atom stereocenters. The summed E-state index contributed by atoms with van der Waals surface area (Å²) in [7, 11) is 0. The van der Waals surface area contributed by atoms with Crippen LogP contribution >= 0.6 is 0 Å². The minimum absolute atomic E-state index is 0.218. The number of carbonyl (C=O) groups excluding carboxylic acids is 2. The molecule has 0 aromatic heterocycles. The summed E-state index contributed by atoms with van der Waals surface area (Å²) < 4.78 is 0. The second kappa shape index (κ2) is 7.00. The number of amides is 2. The molecule has 0 spiro atoms. The van der Waals surface area contributed by atoms with Crippen LogP contribution in [0.4, 0.5) is 0 Å². The van der Waals surface area contributed by atoms with Crippen molar-refractivity contribution in [2.24, 2.45) is 0 Å². The Morgan fingerprint density at radius 2 is 1.62 bits per heavy atom. The first-order valence-corrected chi connectivity index (χ1v) is 8.88. The van der Waals surface area contributed by atoms with Crippen molar-refractivity contribution in [1.82, 2.24) is 10.9 Å². The molecule has 2 amide bonds. The third kappa shape index (κ3) is 3.45. The van der Waals surface area contributed by atoms with Crippen LogP contribution in [0.15, 0.2) is 60.7 Å². The van der Waals surface area contributed by atoms with Crippen molar-refractivity contribution in [3.05, 3.63) is 82.9 Å². The normalized spacial score (nSPS) is 12.6. The summed E-state index contributed by atoms with van der Waals surface area (Å²) in [4.78, 5) is 24.4. The fourth-order valence-electron chi connectivity index (χ4n) is 3.49. The molecule has 0 unspecified atom stereocenters. The quantitative estimate of drug-likeness (QED) is 0.716. The third-order valence-electron chi connectivity index (χ3n) is 4.85. The van der Waals surface area contributed by atoms with Crippen LogP contribution in [0.2, 0.25) is 0 Å². The highest BCUT2D eigenvalue weighted by Gasteiger charge is 2.14. The van der Waals surface area contributed by atoms with E-state index in [4.69, 9.17) is 0 Å². The summed E-state index contributed by atoms with van der Waals surface area (Å²) in [5.41, 5.74) is 9.06. The standard InChI is InChI=1S/C22H20N2O2/c25-21(13-15-8-9-16-4-1-2-5-18(16)12-15)23-24-22(26)20-11-10-17-6-3-7-19(17)14-20/h1-2,4-5,8-12,14H,3,6-7,13H2,(H,23,25)(H,24,26). The molecule has 130 valence electrons. The van der Waals surface area contributed by atoms with Crippen LogP contribution < -0.4 is 10.9 Å². The first-order valence-electron chi connectivity index (χ1n) is 8.88. The van der Waals surface area contributed by atoms with E-state index in [9.17, 15) is 9.59 Å². The van der Waals surface area contributed by atoms with E-state index in [1.807, 2.05) is 60.7 Å². The van der Waals surface area contributed by atoms with Crippen LogP contribution in [0.1, 0.15) is 33.5 Å². The van der Waals surface area contributed by atoms with Crippen molar-refractivity contribution < 1.29 is 9.59 Å². The van der Waals surface area contributed by atoms with E-state index in [0.717, 1.165) is 35.6 Å².